The van der Waals surface area contributed by atoms with Crippen LogP contribution in [0.25, 0.3) is 0 Å². The molecule has 10 heteroatoms. The van der Waals surface area contributed by atoms with E-state index in [1.807, 2.05) is 4.90 Å². The lowest BCUT2D eigenvalue weighted by molar-refractivity contribution is -0.134. The van der Waals surface area contributed by atoms with Gasteiger partial charge in [0.2, 0.25) is 15.9 Å². The molecule has 1 aliphatic heterocycles. The topological polar surface area (TPSA) is 103 Å². The third kappa shape index (κ3) is 7.18. The summed E-state index contributed by atoms with van der Waals surface area (Å²) in [6.45, 7) is 3.87. The van der Waals surface area contributed by atoms with E-state index in [0.717, 1.165) is 25.8 Å². The van der Waals surface area contributed by atoms with Crippen molar-refractivity contribution in [1.82, 2.24) is 20.3 Å². The van der Waals surface area contributed by atoms with Crippen LogP contribution in [0.2, 0.25) is 0 Å². The second kappa shape index (κ2) is 11.3. The Bertz CT molecular complexity index is 578. The summed E-state index contributed by atoms with van der Waals surface area (Å²) in [5, 5.41) is 6.42. The molecule has 1 aliphatic carbocycles. The normalized spacial score (nSPS) is 21.5. The zero-order valence-electron chi connectivity index (χ0n) is 15.7. The molecule has 3 N–H and O–H groups in total. The number of hydrogen-bond acceptors (Lipinski definition) is 4. The molecule has 2 fully saturated rings. The maximum atomic E-state index is 12.5. The molecule has 0 radical (unpaired) electrons. The molecule has 2 rings (SSSR count). The van der Waals surface area contributed by atoms with E-state index < -0.39 is 10.0 Å². The summed E-state index contributed by atoms with van der Waals surface area (Å²) in [4.78, 5) is 18.6. The first kappa shape index (κ1) is 23.4. The summed E-state index contributed by atoms with van der Waals surface area (Å²) in [5.41, 5.74) is 0. The van der Waals surface area contributed by atoms with E-state index in [4.69, 9.17) is 0 Å². The van der Waals surface area contributed by atoms with Crippen molar-refractivity contribution in [3.05, 3.63) is 0 Å². The van der Waals surface area contributed by atoms with Crippen molar-refractivity contribution in [2.75, 3.05) is 39.0 Å². The average Bonchev–Trinajstić information content (AvgIpc) is 3.28. The quantitative estimate of drug-likeness (QED) is 0.204. The van der Waals surface area contributed by atoms with E-state index in [1.54, 1.807) is 14.0 Å². The number of aliphatic imine (C=N–C) groups is 1. The maximum absolute atomic E-state index is 12.5. The lowest BCUT2D eigenvalue weighted by Crippen LogP contribution is -2.47. The van der Waals surface area contributed by atoms with Crippen LogP contribution < -0.4 is 15.4 Å². The van der Waals surface area contributed by atoms with Crippen LogP contribution in [-0.2, 0) is 14.8 Å². The minimum Gasteiger partial charge on any atom is -0.355 e. The molecule has 0 spiro atoms. The van der Waals surface area contributed by atoms with Crippen LogP contribution in [0.4, 0.5) is 0 Å². The number of likely N-dealkylation sites (tertiary alicyclic amines) is 1. The molecular weight excluding hydrogens is 469 g/mol. The first-order chi connectivity index (χ1) is 11.9. The molecule has 0 aromatic rings. The number of carbonyl (C=O) groups is 1. The van der Waals surface area contributed by atoms with Gasteiger partial charge in [0.05, 0.1) is 5.75 Å². The molecule has 1 heterocycles. The Morgan fingerprint density at radius 2 is 1.88 bits per heavy atom. The molecule has 1 saturated heterocycles. The third-order valence-electron chi connectivity index (χ3n) is 4.89. The number of rotatable bonds is 7. The first-order valence-corrected chi connectivity index (χ1v) is 10.8. The predicted octanol–water partition coefficient (Wildman–Crippen LogP) is 0.500. The molecule has 1 unspecified atom stereocenters. The van der Waals surface area contributed by atoms with Crippen LogP contribution in [0.3, 0.4) is 0 Å². The van der Waals surface area contributed by atoms with Gasteiger partial charge in [0.1, 0.15) is 0 Å². The van der Waals surface area contributed by atoms with Crippen LogP contribution in [0.5, 0.6) is 0 Å². The van der Waals surface area contributed by atoms with Crippen LogP contribution in [0.15, 0.2) is 4.99 Å². The molecule has 2 aliphatic rings. The number of guanidine groups is 1. The highest BCUT2D eigenvalue weighted by Crippen LogP contribution is 2.27. The van der Waals surface area contributed by atoms with Crippen molar-refractivity contribution >= 4 is 45.9 Å². The Hall–Kier alpha value is -0.620. The SMILES string of the molecule is CCS(=O)(=O)NCCNC(=NC)NC1CCN(C(=O)C2CCCC2)C1.I. The predicted molar refractivity (Wildman–Crippen MR) is 114 cm³/mol. The van der Waals surface area contributed by atoms with E-state index in [1.165, 1.54) is 12.8 Å². The number of sulfonamides is 1. The molecule has 0 aromatic heterocycles. The van der Waals surface area contributed by atoms with E-state index in [2.05, 4.69) is 20.3 Å². The summed E-state index contributed by atoms with van der Waals surface area (Å²) in [6.07, 6.45) is 5.31. The summed E-state index contributed by atoms with van der Waals surface area (Å²) in [6, 6.07) is 0.184. The number of hydrogen-bond donors (Lipinski definition) is 3. The zero-order valence-corrected chi connectivity index (χ0v) is 18.8. The van der Waals surface area contributed by atoms with E-state index in [-0.39, 0.29) is 41.7 Å². The molecule has 152 valence electrons. The molecule has 0 bridgehead atoms. The highest BCUT2D eigenvalue weighted by atomic mass is 127. The fraction of sp³-hybridized carbons (Fsp3) is 0.875. The standard InChI is InChI=1S/C16H31N5O3S.HI/c1-3-25(23,24)19-10-9-18-16(17-2)20-14-8-11-21(12-14)15(22)13-6-4-5-7-13;/h13-14,19H,3-12H2,1-2H3,(H2,17,18,20);1H. The van der Waals surface area contributed by atoms with Gasteiger partial charge in [-0.05, 0) is 26.2 Å². The number of halogens is 1. The summed E-state index contributed by atoms with van der Waals surface area (Å²) >= 11 is 0. The van der Waals surface area contributed by atoms with Gasteiger partial charge in [0, 0.05) is 45.2 Å². The summed E-state index contributed by atoms with van der Waals surface area (Å²) < 4.78 is 25.3. The van der Waals surface area contributed by atoms with Crippen LogP contribution in [-0.4, -0.2) is 70.2 Å². The molecule has 1 saturated carbocycles. The summed E-state index contributed by atoms with van der Waals surface area (Å²) in [7, 11) is -1.48. The van der Waals surface area contributed by atoms with Gasteiger partial charge in [0.15, 0.2) is 5.96 Å². The van der Waals surface area contributed by atoms with Gasteiger partial charge in [0.25, 0.3) is 0 Å². The van der Waals surface area contributed by atoms with Gasteiger partial charge < -0.3 is 15.5 Å². The average molecular weight is 501 g/mol. The molecule has 26 heavy (non-hydrogen) atoms. The smallest absolute Gasteiger partial charge is 0.225 e. The third-order valence-corrected chi connectivity index (χ3v) is 6.29. The van der Waals surface area contributed by atoms with Gasteiger partial charge in [-0.1, -0.05) is 12.8 Å². The highest BCUT2D eigenvalue weighted by Gasteiger charge is 2.32. The summed E-state index contributed by atoms with van der Waals surface area (Å²) in [5.74, 6) is 1.24. The van der Waals surface area contributed by atoms with Gasteiger partial charge in [-0.15, -0.1) is 24.0 Å². The minimum atomic E-state index is -3.17. The van der Waals surface area contributed by atoms with Crippen LogP contribution in [0.1, 0.15) is 39.0 Å². The van der Waals surface area contributed by atoms with Gasteiger partial charge >= 0.3 is 0 Å². The second-order valence-corrected chi connectivity index (χ2v) is 8.79. The number of nitrogens with zero attached hydrogens (tertiary/aromatic N) is 2. The van der Waals surface area contributed by atoms with Crippen molar-refractivity contribution in [2.24, 2.45) is 10.9 Å². The molecule has 0 aromatic carbocycles. The first-order valence-electron chi connectivity index (χ1n) is 9.18. The number of nitrogens with one attached hydrogen (secondary N) is 3. The van der Waals surface area contributed by atoms with Gasteiger partial charge in [-0.2, -0.15) is 0 Å². The number of amides is 1. The molecule has 1 amide bonds. The largest absolute Gasteiger partial charge is 0.355 e. The molecule has 8 nitrogen and oxygen atoms in total. The maximum Gasteiger partial charge on any atom is 0.225 e. The van der Waals surface area contributed by atoms with Crippen molar-refractivity contribution in [3.8, 4) is 0 Å². The van der Waals surface area contributed by atoms with Gasteiger partial charge in [-0.3, -0.25) is 9.79 Å². The van der Waals surface area contributed by atoms with Crippen molar-refractivity contribution in [2.45, 2.75) is 45.1 Å². The van der Waals surface area contributed by atoms with Crippen molar-refractivity contribution in [3.63, 3.8) is 0 Å². The van der Waals surface area contributed by atoms with Crippen LogP contribution >= 0.6 is 24.0 Å². The fourth-order valence-electron chi connectivity index (χ4n) is 3.39. The molecular formula is C16H32IN5O3S. The minimum absolute atomic E-state index is 0. The van der Waals surface area contributed by atoms with Crippen LogP contribution in [0, 0.1) is 5.92 Å². The number of carbonyl (C=O) groups excluding carboxylic acids is 1. The Morgan fingerprint density at radius 3 is 2.50 bits per heavy atom. The second-order valence-electron chi connectivity index (χ2n) is 6.69. The van der Waals surface area contributed by atoms with Crippen molar-refractivity contribution in [1.29, 1.82) is 0 Å². The Morgan fingerprint density at radius 1 is 1.19 bits per heavy atom. The Labute approximate surface area is 174 Å². The van der Waals surface area contributed by atoms with E-state index >= 15 is 0 Å². The van der Waals surface area contributed by atoms with E-state index in [0.29, 0.717) is 31.5 Å². The lowest BCUT2D eigenvalue weighted by atomic mass is 10.1. The van der Waals surface area contributed by atoms with E-state index in [9.17, 15) is 13.2 Å². The monoisotopic (exact) mass is 501 g/mol. The highest BCUT2D eigenvalue weighted by molar-refractivity contribution is 14.0. The zero-order chi connectivity index (χ0) is 18.3. The molecule has 1 atom stereocenters. The lowest BCUT2D eigenvalue weighted by Gasteiger charge is -2.21. The Kier molecular flexibility index (Phi) is 10.2. The van der Waals surface area contributed by atoms with Crippen molar-refractivity contribution < 1.29 is 13.2 Å². The fourth-order valence-corrected chi connectivity index (χ4v) is 4.00. The Balaban J connectivity index is 0.00000338. The van der Waals surface area contributed by atoms with Gasteiger partial charge in [-0.25, -0.2) is 13.1 Å².